The van der Waals surface area contributed by atoms with Gasteiger partial charge >= 0.3 is 6.09 Å². The topological polar surface area (TPSA) is 41.6 Å². The Labute approximate surface area is 162 Å². The van der Waals surface area contributed by atoms with Gasteiger partial charge in [0.2, 0.25) is 0 Å². The Morgan fingerprint density at radius 1 is 1.07 bits per heavy atom. The molecule has 1 aliphatic heterocycles. The molecule has 2 aromatic rings. The molecule has 0 aromatic heterocycles. The zero-order valence-electron chi connectivity index (χ0n) is 16.7. The Balaban J connectivity index is 1.78. The number of ether oxygens (including phenoxy) is 1. The molecule has 1 fully saturated rings. The van der Waals surface area contributed by atoms with Gasteiger partial charge in [0, 0.05) is 12.6 Å². The molecule has 0 aliphatic carbocycles. The molecule has 1 aliphatic rings. The van der Waals surface area contributed by atoms with E-state index in [-0.39, 0.29) is 24.2 Å². The van der Waals surface area contributed by atoms with E-state index in [0.717, 1.165) is 13.0 Å². The van der Waals surface area contributed by atoms with E-state index >= 15 is 0 Å². The van der Waals surface area contributed by atoms with Crippen molar-refractivity contribution in [1.29, 1.82) is 0 Å². The van der Waals surface area contributed by atoms with E-state index in [1.807, 2.05) is 32.9 Å². The first-order valence-corrected chi connectivity index (χ1v) is 9.74. The monoisotopic (exact) mass is 366 g/mol. The van der Waals surface area contributed by atoms with Gasteiger partial charge in [0.15, 0.2) is 0 Å². The molecule has 4 heteroatoms. The molecule has 4 nitrogen and oxygen atoms in total. The Morgan fingerprint density at radius 3 is 2.04 bits per heavy atom. The number of amides is 1. The molecule has 27 heavy (non-hydrogen) atoms. The second-order valence-electron chi connectivity index (χ2n) is 8.15. The highest BCUT2D eigenvalue weighted by molar-refractivity contribution is 5.68. The highest BCUT2D eigenvalue weighted by atomic mass is 16.6. The number of hydrogen-bond donors (Lipinski definition) is 1. The third-order valence-electron chi connectivity index (χ3n) is 4.98. The van der Waals surface area contributed by atoms with Gasteiger partial charge in [-0.25, -0.2) is 4.79 Å². The lowest BCUT2D eigenvalue weighted by Crippen LogP contribution is -2.67. The van der Waals surface area contributed by atoms with Gasteiger partial charge in [-0.2, -0.15) is 0 Å². The van der Waals surface area contributed by atoms with Crippen molar-refractivity contribution in [2.75, 3.05) is 6.54 Å². The van der Waals surface area contributed by atoms with E-state index in [4.69, 9.17) is 4.74 Å². The van der Waals surface area contributed by atoms with Crippen LogP contribution in [0, 0.1) is 0 Å². The minimum atomic E-state index is -0.480. The van der Waals surface area contributed by atoms with Crippen molar-refractivity contribution in [2.24, 2.45) is 0 Å². The second-order valence-corrected chi connectivity index (χ2v) is 8.15. The molecule has 1 amide bonds. The minimum Gasteiger partial charge on any atom is -0.444 e. The number of carbonyl (C=O) groups excluding carboxylic acids is 1. The summed E-state index contributed by atoms with van der Waals surface area (Å²) in [7, 11) is 0. The van der Waals surface area contributed by atoms with Gasteiger partial charge in [-0.1, -0.05) is 67.6 Å². The lowest BCUT2D eigenvalue weighted by molar-refractivity contribution is -0.000582. The van der Waals surface area contributed by atoms with E-state index in [1.54, 1.807) is 0 Å². The van der Waals surface area contributed by atoms with Crippen LogP contribution >= 0.6 is 0 Å². The molecule has 144 valence electrons. The predicted molar refractivity (Wildman–Crippen MR) is 109 cm³/mol. The first kappa shape index (κ1) is 19.4. The van der Waals surface area contributed by atoms with E-state index < -0.39 is 5.60 Å². The third kappa shape index (κ3) is 4.69. The van der Waals surface area contributed by atoms with Gasteiger partial charge in [0.1, 0.15) is 5.60 Å². The minimum absolute atomic E-state index is 0.111. The third-order valence-corrected chi connectivity index (χ3v) is 4.98. The van der Waals surface area contributed by atoms with E-state index in [2.05, 4.69) is 65.7 Å². The zero-order chi connectivity index (χ0) is 19.4. The summed E-state index contributed by atoms with van der Waals surface area (Å²) < 4.78 is 5.43. The highest BCUT2D eigenvalue weighted by Crippen LogP contribution is 2.37. The van der Waals surface area contributed by atoms with Gasteiger partial charge in [0.05, 0.1) is 12.1 Å². The number of hydrogen-bond acceptors (Lipinski definition) is 3. The molecule has 1 saturated heterocycles. The fourth-order valence-corrected chi connectivity index (χ4v) is 3.84. The maximum absolute atomic E-state index is 12.2. The van der Waals surface area contributed by atoms with Crippen molar-refractivity contribution >= 4 is 6.09 Å². The number of alkyl carbamates (subject to hydrolysis) is 1. The number of benzene rings is 2. The smallest absolute Gasteiger partial charge is 0.407 e. The van der Waals surface area contributed by atoms with Gasteiger partial charge in [-0.05, 0) is 38.3 Å². The molecular weight excluding hydrogens is 336 g/mol. The second kappa shape index (κ2) is 8.13. The molecule has 0 unspecified atom stereocenters. The Bertz CT molecular complexity index is 700. The Hall–Kier alpha value is -2.33. The quantitative estimate of drug-likeness (QED) is 0.829. The SMILES string of the molecule is CC[C@H]1[C@H](NC(=O)OC(C)(C)C)CN1C(c1ccccc1)c1ccccc1. The zero-order valence-corrected chi connectivity index (χ0v) is 16.7. The van der Waals surface area contributed by atoms with Crippen LogP contribution in [0.15, 0.2) is 60.7 Å². The van der Waals surface area contributed by atoms with E-state index in [1.165, 1.54) is 11.1 Å². The normalized spacial score (nSPS) is 20.2. The van der Waals surface area contributed by atoms with Crippen LogP contribution in [0.3, 0.4) is 0 Å². The van der Waals surface area contributed by atoms with Crippen LogP contribution < -0.4 is 5.32 Å². The van der Waals surface area contributed by atoms with Crippen LogP contribution in [-0.4, -0.2) is 35.2 Å². The molecule has 0 saturated carbocycles. The average molecular weight is 367 g/mol. The van der Waals surface area contributed by atoms with E-state index in [9.17, 15) is 4.79 Å². The number of carbonyl (C=O) groups is 1. The molecule has 1 heterocycles. The maximum Gasteiger partial charge on any atom is 0.407 e. The molecular formula is C23H30N2O2. The summed E-state index contributed by atoms with van der Waals surface area (Å²) in [6.07, 6.45) is 0.637. The van der Waals surface area contributed by atoms with Crippen LogP contribution in [0.2, 0.25) is 0 Å². The Kier molecular flexibility index (Phi) is 5.85. The number of nitrogens with one attached hydrogen (secondary N) is 1. The number of likely N-dealkylation sites (tertiary alicyclic amines) is 1. The summed E-state index contributed by atoms with van der Waals surface area (Å²) in [5, 5.41) is 3.06. The van der Waals surface area contributed by atoms with Gasteiger partial charge in [-0.15, -0.1) is 0 Å². The number of nitrogens with zero attached hydrogens (tertiary/aromatic N) is 1. The van der Waals surface area contributed by atoms with Crippen LogP contribution in [0.25, 0.3) is 0 Å². The van der Waals surface area contributed by atoms with Gasteiger partial charge in [-0.3, -0.25) is 4.90 Å². The molecule has 1 N–H and O–H groups in total. The van der Waals surface area contributed by atoms with Crippen molar-refractivity contribution in [2.45, 2.75) is 57.8 Å². The van der Waals surface area contributed by atoms with Crippen LogP contribution in [0.1, 0.15) is 51.3 Å². The van der Waals surface area contributed by atoms with Crippen molar-refractivity contribution in [3.05, 3.63) is 71.8 Å². The lowest BCUT2D eigenvalue weighted by Gasteiger charge is -2.52. The molecule has 0 radical (unpaired) electrons. The summed E-state index contributed by atoms with van der Waals surface area (Å²) >= 11 is 0. The fourth-order valence-electron chi connectivity index (χ4n) is 3.84. The fraction of sp³-hybridized carbons (Fsp3) is 0.435. The maximum atomic E-state index is 12.2. The summed E-state index contributed by atoms with van der Waals surface area (Å²) in [4.78, 5) is 14.7. The van der Waals surface area contributed by atoms with Crippen molar-refractivity contribution < 1.29 is 9.53 Å². The average Bonchev–Trinajstić information content (AvgIpc) is 2.61. The van der Waals surface area contributed by atoms with E-state index in [0.29, 0.717) is 0 Å². The van der Waals surface area contributed by atoms with Crippen LogP contribution in [0.4, 0.5) is 4.79 Å². The first-order chi connectivity index (χ1) is 12.9. The lowest BCUT2D eigenvalue weighted by atomic mass is 9.86. The van der Waals surface area contributed by atoms with Crippen LogP contribution in [-0.2, 0) is 4.74 Å². The van der Waals surface area contributed by atoms with Crippen molar-refractivity contribution in [3.8, 4) is 0 Å². The molecule has 2 aromatic carbocycles. The Morgan fingerprint density at radius 2 is 1.59 bits per heavy atom. The standard InChI is InChI=1S/C23H30N2O2/c1-5-20-19(24-22(26)27-23(2,3)4)16-25(20)21(17-12-8-6-9-13-17)18-14-10-7-11-15-18/h6-15,19-21H,5,16H2,1-4H3,(H,24,26)/t19-,20+/m1/s1. The predicted octanol–water partition coefficient (Wildman–Crippen LogP) is 4.76. The van der Waals surface area contributed by atoms with Crippen molar-refractivity contribution in [3.63, 3.8) is 0 Å². The van der Waals surface area contributed by atoms with Crippen LogP contribution in [0.5, 0.6) is 0 Å². The summed E-state index contributed by atoms with van der Waals surface area (Å²) in [5.41, 5.74) is 2.07. The number of rotatable bonds is 5. The molecule has 0 bridgehead atoms. The molecule has 2 atom stereocenters. The van der Waals surface area contributed by atoms with Gasteiger partial charge in [0.25, 0.3) is 0 Å². The first-order valence-electron chi connectivity index (χ1n) is 9.74. The summed E-state index contributed by atoms with van der Waals surface area (Å²) in [5.74, 6) is 0. The van der Waals surface area contributed by atoms with Gasteiger partial charge < -0.3 is 10.1 Å². The summed E-state index contributed by atoms with van der Waals surface area (Å²) in [6.45, 7) is 8.65. The highest BCUT2D eigenvalue weighted by Gasteiger charge is 2.43. The van der Waals surface area contributed by atoms with Crippen molar-refractivity contribution in [1.82, 2.24) is 10.2 Å². The summed E-state index contributed by atoms with van der Waals surface area (Å²) in [6, 6.07) is 21.7. The largest absolute Gasteiger partial charge is 0.444 e. The molecule has 3 rings (SSSR count). The molecule has 0 spiro atoms.